The van der Waals surface area contributed by atoms with Crippen LogP contribution in [0.15, 0.2) is 54.9 Å². The summed E-state index contributed by atoms with van der Waals surface area (Å²) < 4.78 is 6.62. The Labute approximate surface area is 160 Å². The first-order chi connectivity index (χ1) is 13.5. The van der Waals surface area contributed by atoms with Gasteiger partial charge in [-0.1, -0.05) is 12.1 Å². The molecule has 0 unspecified atom stereocenters. The Balaban J connectivity index is 1.67. The number of para-hydroxylation sites is 1. The molecule has 0 aliphatic heterocycles. The molecule has 1 N–H and O–H groups in total. The Hall–Kier alpha value is -3.88. The highest BCUT2D eigenvalue weighted by molar-refractivity contribution is 5.99. The molecule has 0 saturated heterocycles. The van der Waals surface area contributed by atoms with Gasteiger partial charge in [0.15, 0.2) is 11.9 Å². The molecule has 142 valence electrons. The Morgan fingerprint density at radius 2 is 1.79 bits per heavy atom. The topological polar surface area (TPSA) is 116 Å². The van der Waals surface area contributed by atoms with Crippen LogP contribution in [-0.4, -0.2) is 44.0 Å². The lowest BCUT2D eigenvalue weighted by Crippen LogP contribution is -2.30. The molecule has 1 atom stereocenters. The predicted molar refractivity (Wildman–Crippen MR) is 99.1 cm³/mol. The predicted octanol–water partition coefficient (Wildman–Crippen LogP) is 2.05. The highest BCUT2D eigenvalue weighted by atomic mass is 16.5. The molecule has 0 radical (unpaired) electrons. The van der Waals surface area contributed by atoms with Crippen LogP contribution in [0.2, 0.25) is 0 Å². The minimum atomic E-state index is -1.04. The summed E-state index contributed by atoms with van der Waals surface area (Å²) in [5.41, 5.74) is 1.69. The number of nitrogens with zero attached hydrogens (tertiary/aromatic N) is 4. The number of amides is 1. The Kier molecular flexibility index (Phi) is 5.54. The molecule has 1 heterocycles. The lowest BCUT2D eigenvalue weighted by Gasteiger charge is -2.15. The summed E-state index contributed by atoms with van der Waals surface area (Å²) in [6.07, 6.45) is 0.314. The first-order valence-corrected chi connectivity index (χ1v) is 8.41. The maximum Gasteiger partial charge on any atom is 0.341 e. The number of esters is 1. The number of carbonyl (C=O) groups excluding carboxylic acids is 3. The van der Waals surface area contributed by atoms with Gasteiger partial charge in [0.05, 0.1) is 11.3 Å². The van der Waals surface area contributed by atoms with Gasteiger partial charge in [0.2, 0.25) is 0 Å². The second-order valence-electron chi connectivity index (χ2n) is 5.94. The Morgan fingerprint density at radius 3 is 2.43 bits per heavy atom. The standard InChI is InChI=1S/C19H17N5O4/c1-12(25)14-7-9-15(10-8-14)21-18(26)13(2)28-19(27)16-5-3-4-6-17(16)24-11-20-22-23-24/h3-11,13H,1-2H3,(H,21,26)/t13-/m1/s1. The van der Waals surface area contributed by atoms with Gasteiger partial charge in [0.1, 0.15) is 6.33 Å². The summed E-state index contributed by atoms with van der Waals surface area (Å²) in [6, 6.07) is 13.1. The van der Waals surface area contributed by atoms with Crippen molar-refractivity contribution in [3.63, 3.8) is 0 Å². The largest absolute Gasteiger partial charge is 0.449 e. The number of hydrogen-bond donors (Lipinski definition) is 1. The molecule has 3 rings (SSSR count). The van der Waals surface area contributed by atoms with Crippen molar-refractivity contribution >= 4 is 23.3 Å². The number of aromatic nitrogens is 4. The van der Waals surface area contributed by atoms with Gasteiger partial charge in [-0.05, 0) is 60.7 Å². The zero-order chi connectivity index (χ0) is 20.1. The molecule has 9 nitrogen and oxygen atoms in total. The van der Waals surface area contributed by atoms with Gasteiger partial charge in [-0.15, -0.1) is 5.10 Å². The normalized spacial score (nSPS) is 11.5. The Morgan fingerprint density at radius 1 is 1.07 bits per heavy atom. The summed E-state index contributed by atoms with van der Waals surface area (Å²) in [5.74, 6) is -1.24. The van der Waals surface area contributed by atoms with Crippen LogP contribution in [0, 0.1) is 0 Å². The summed E-state index contributed by atoms with van der Waals surface area (Å²) in [6.45, 7) is 2.93. The van der Waals surface area contributed by atoms with Crippen LogP contribution in [0.4, 0.5) is 5.69 Å². The minimum absolute atomic E-state index is 0.0681. The van der Waals surface area contributed by atoms with Gasteiger partial charge < -0.3 is 10.1 Å². The molecule has 0 aliphatic carbocycles. The number of ketones is 1. The van der Waals surface area contributed by atoms with Crippen molar-refractivity contribution in [3.8, 4) is 5.69 Å². The maximum absolute atomic E-state index is 12.5. The maximum atomic E-state index is 12.5. The van der Waals surface area contributed by atoms with Crippen molar-refractivity contribution in [2.24, 2.45) is 0 Å². The van der Waals surface area contributed by atoms with Gasteiger partial charge in [-0.2, -0.15) is 4.68 Å². The van der Waals surface area contributed by atoms with E-state index < -0.39 is 18.0 Å². The highest BCUT2D eigenvalue weighted by Gasteiger charge is 2.21. The quantitative estimate of drug-likeness (QED) is 0.515. The van der Waals surface area contributed by atoms with E-state index in [1.165, 1.54) is 24.9 Å². The van der Waals surface area contributed by atoms with Crippen LogP contribution in [0.25, 0.3) is 5.69 Å². The molecule has 1 amide bonds. The number of anilines is 1. The van der Waals surface area contributed by atoms with E-state index in [1.807, 2.05) is 0 Å². The number of rotatable bonds is 6. The highest BCUT2D eigenvalue weighted by Crippen LogP contribution is 2.16. The van der Waals surface area contributed by atoms with Gasteiger partial charge in [-0.3, -0.25) is 9.59 Å². The number of nitrogens with one attached hydrogen (secondary N) is 1. The van der Waals surface area contributed by atoms with Gasteiger partial charge in [-0.25, -0.2) is 4.79 Å². The average Bonchev–Trinajstić information content (AvgIpc) is 3.23. The van der Waals surface area contributed by atoms with Crippen LogP contribution in [0.1, 0.15) is 34.6 Å². The van der Waals surface area contributed by atoms with Gasteiger partial charge >= 0.3 is 5.97 Å². The number of carbonyl (C=O) groups is 3. The number of ether oxygens (including phenoxy) is 1. The van der Waals surface area contributed by atoms with Gasteiger partial charge in [0, 0.05) is 11.3 Å². The second-order valence-corrected chi connectivity index (χ2v) is 5.94. The first-order valence-electron chi connectivity index (χ1n) is 8.41. The summed E-state index contributed by atoms with van der Waals surface area (Å²) >= 11 is 0. The molecule has 9 heteroatoms. The van der Waals surface area contributed by atoms with Crippen molar-refractivity contribution in [2.75, 3.05) is 5.32 Å². The van der Waals surface area contributed by atoms with Crippen LogP contribution in [-0.2, 0) is 9.53 Å². The molecule has 0 saturated carbocycles. The number of hydrogen-bond acceptors (Lipinski definition) is 7. The van der Waals surface area contributed by atoms with E-state index in [-0.39, 0.29) is 11.3 Å². The van der Waals surface area contributed by atoms with E-state index >= 15 is 0 Å². The molecule has 28 heavy (non-hydrogen) atoms. The smallest absolute Gasteiger partial charge is 0.341 e. The minimum Gasteiger partial charge on any atom is -0.449 e. The van der Waals surface area contributed by atoms with Crippen molar-refractivity contribution < 1.29 is 19.1 Å². The van der Waals surface area contributed by atoms with Crippen molar-refractivity contribution in [1.82, 2.24) is 20.2 Å². The Bertz CT molecular complexity index is 999. The molecule has 3 aromatic rings. The third-order valence-electron chi connectivity index (χ3n) is 3.93. The first kappa shape index (κ1) is 18.9. The summed E-state index contributed by atoms with van der Waals surface area (Å²) in [4.78, 5) is 36.1. The van der Waals surface area contributed by atoms with Crippen LogP contribution >= 0.6 is 0 Å². The lowest BCUT2D eigenvalue weighted by molar-refractivity contribution is -0.123. The van der Waals surface area contributed by atoms with Crippen molar-refractivity contribution in [3.05, 3.63) is 66.0 Å². The average molecular weight is 379 g/mol. The summed E-state index contributed by atoms with van der Waals surface area (Å²) in [5, 5.41) is 13.5. The third-order valence-corrected chi connectivity index (χ3v) is 3.93. The number of Topliss-reactive ketones (excluding diaryl/α,β-unsaturated/α-hetero) is 1. The fourth-order valence-electron chi connectivity index (χ4n) is 2.43. The molecule has 0 bridgehead atoms. The number of tetrazole rings is 1. The van der Waals surface area contributed by atoms with E-state index in [4.69, 9.17) is 4.74 Å². The molecule has 0 aliphatic rings. The molecule has 0 spiro atoms. The van der Waals surface area contributed by atoms with Crippen LogP contribution < -0.4 is 5.32 Å². The van der Waals surface area contributed by atoms with Crippen LogP contribution in [0.3, 0.4) is 0 Å². The zero-order valence-electron chi connectivity index (χ0n) is 15.2. The molecular weight excluding hydrogens is 362 g/mol. The molecule has 1 aromatic heterocycles. The van der Waals surface area contributed by atoms with Crippen LogP contribution in [0.5, 0.6) is 0 Å². The zero-order valence-corrected chi connectivity index (χ0v) is 15.2. The fourth-order valence-corrected chi connectivity index (χ4v) is 2.43. The van der Waals surface area contributed by atoms with Crippen molar-refractivity contribution in [2.45, 2.75) is 20.0 Å². The third kappa shape index (κ3) is 4.26. The fraction of sp³-hybridized carbons (Fsp3) is 0.158. The molecular formula is C19H17N5O4. The van der Waals surface area contributed by atoms with E-state index in [9.17, 15) is 14.4 Å². The summed E-state index contributed by atoms with van der Waals surface area (Å²) in [7, 11) is 0. The van der Waals surface area contributed by atoms with E-state index in [0.717, 1.165) is 0 Å². The van der Waals surface area contributed by atoms with Crippen molar-refractivity contribution in [1.29, 1.82) is 0 Å². The monoisotopic (exact) mass is 379 g/mol. The molecule has 2 aromatic carbocycles. The van der Waals surface area contributed by atoms with E-state index in [1.54, 1.807) is 48.5 Å². The van der Waals surface area contributed by atoms with E-state index in [2.05, 4.69) is 20.8 Å². The number of benzene rings is 2. The van der Waals surface area contributed by atoms with Gasteiger partial charge in [0.25, 0.3) is 5.91 Å². The SMILES string of the molecule is CC(=O)c1ccc(NC(=O)[C@@H](C)OC(=O)c2ccccc2-n2cnnn2)cc1. The van der Waals surface area contributed by atoms with E-state index in [0.29, 0.717) is 16.9 Å². The lowest BCUT2D eigenvalue weighted by atomic mass is 10.1. The molecule has 0 fully saturated rings. The second kappa shape index (κ2) is 8.21.